The summed E-state index contributed by atoms with van der Waals surface area (Å²) in [4.78, 5) is 0. The minimum atomic E-state index is -0.0738. The van der Waals surface area contributed by atoms with Crippen LogP contribution in [-0.4, -0.2) is 19.8 Å². The highest BCUT2D eigenvalue weighted by Crippen LogP contribution is 2.26. The Morgan fingerprint density at radius 3 is 2.71 bits per heavy atom. The number of hydrogen-bond acceptors (Lipinski definition) is 3. The van der Waals surface area contributed by atoms with Crippen LogP contribution in [0.2, 0.25) is 0 Å². The lowest BCUT2D eigenvalue weighted by molar-refractivity contribution is 0.00747. The van der Waals surface area contributed by atoms with Crippen LogP contribution < -0.4 is 5.32 Å². The van der Waals surface area contributed by atoms with Crippen molar-refractivity contribution in [2.45, 2.75) is 31.9 Å². The van der Waals surface area contributed by atoms with Gasteiger partial charge in [-0.25, -0.2) is 0 Å². The van der Waals surface area contributed by atoms with Crippen LogP contribution in [0.15, 0.2) is 16.8 Å². The van der Waals surface area contributed by atoms with E-state index in [2.05, 4.69) is 36.0 Å². The monoisotopic (exact) mass is 213 g/mol. The number of rotatable bonds is 5. The fourth-order valence-corrected chi connectivity index (χ4v) is 2.15. The fourth-order valence-electron chi connectivity index (χ4n) is 1.43. The molecular formula is C11H19NOS. The zero-order valence-electron chi connectivity index (χ0n) is 9.33. The molecule has 0 aromatic carbocycles. The molecule has 1 N–H and O–H groups in total. The molecule has 0 amide bonds. The van der Waals surface area contributed by atoms with Crippen LogP contribution in [0.5, 0.6) is 0 Å². The fraction of sp³-hybridized carbons (Fsp3) is 0.636. The zero-order chi connectivity index (χ0) is 10.6. The summed E-state index contributed by atoms with van der Waals surface area (Å²) in [5.74, 6) is 0. The van der Waals surface area contributed by atoms with Crippen LogP contribution >= 0.6 is 11.3 Å². The molecular weight excluding hydrogens is 194 g/mol. The molecule has 0 spiro atoms. The quantitative estimate of drug-likeness (QED) is 0.812. The first-order chi connectivity index (χ1) is 6.59. The van der Waals surface area contributed by atoms with E-state index in [-0.39, 0.29) is 5.60 Å². The molecule has 80 valence electrons. The predicted molar refractivity (Wildman–Crippen MR) is 61.8 cm³/mol. The molecule has 1 atom stereocenters. The Labute approximate surface area is 90.3 Å². The van der Waals surface area contributed by atoms with Gasteiger partial charge in [0.15, 0.2) is 0 Å². The summed E-state index contributed by atoms with van der Waals surface area (Å²) < 4.78 is 5.43. The van der Waals surface area contributed by atoms with Gasteiger partial charge in [-0.3, -0.25) is 0 Å². The first-order valence-corrected chi connectivity index (χ1v) is 5.78. The first-order valence-electron chi connectivity index (χ1n) is 4.83. The van der Waals surface area contributed by atoms with E-state index in [0.29, 0.717) is 6.04 Å². The molecule has 3 heteroatoms. The van der Waals surface area contributed by atoms with Gasteiger partial charge in [0, 0.05) is 13.2 Å². The Kier molecular flexibility index (Phi) is 4.11. The highest BCUT2D eigenvalue weighted by atomic mass is 32.1. The van der Waals surface area contributed by atoms with Crippen molar-refractivity contribution in [1.29, 1.82) is 0 Å². The van der Waals surface area contributed by atoms with Crippen LogP contribution in [0.25, 0.3) is 0 Å². The van der Waals surface area contributed by atoms with Crippen LogP contribution in [-0.2, 0) is 4.74 Å². The highest BCUT2D eigenvalue weighted by Gasteiger charge is 2.22. The van der Waals surface area contributed by atoms with Crippen molar-refractivity contribution in [3.63, 3.8) is 0 Å². The maximum Gasteiger partial charge on any atom is 0.0640 e. The number of thiophene rings is 1. The van der Waals surface area contributed by atoms with Gasteiger partial charge >= 0.3 is 0 Å². The van der Waals surface area contributed by atoms with Gasteiger partial charge in [-0.1, -0.05) is 0 Å². The molecule has 0 fully saturated rings. The summed E-state index contributed by atoms with van der Waals surface area (Å²) in [5.41, 5.74) is 1.28. The SMILES string of the molecule is CNC(CC(C)(C)OC)c1ccsc1. The summed E-state index contributed by atoms with van der Waals surface area (Å²) >= 11 is 1.74. The highest BCUT2D eigenvalue weighted by molar-refractivity contribution is 7.07. The zero-order valence-corrected chi connectivity index (χ0v) is 10.1. The van der Waals surface area contributed by atoms with Crippen LogP contribution in [0.4, 0.5) is 0 Å². The summed E-state index contributed by atoms with van der Waals surface area (Å²) in [5, 5.41) is 7.62. The van der Waals surface area contributed by atoms with E-state index in [1.54, 1.807) is 18.4 Å². The van der Waals surface area contributed by atoms with Crippen LogP contribution in [0, 0.1) is 0 Å². The molecule has 0 radical (unpaired) electrons. The van der Waals surface area contributed by atoms with E-state index < -0.39 is 0 Å². The number of nitrogens with one attached hydrogen (secondary N) is 1. The summed E-state index contributed by atoms with van der Waals surface area (Å²) in [6.45, 7) is 4.23. The number of ether oxygens (including phenoxy) is 1. The second kappa shape index (κ2) is 4.91. The predicted octanol–water partition coefficient (Wildman–Crippen LogP) is 2.82. The molecule has 1 aromatic heterocycles. The van der Waals surface area contributed by atoms with Gasteiger partial charge in [0.25, 0.3) is 0 Å². The number of hydrogen-bond donors (Lipinski definition) is 1. The summed E-state index contributed by atoms with van der Waals surface area (Å²) in [6.07, 6.45) is 0.983. The Balaban J connectivity index is 2.65. The summed E-state index contributed by atoms with van der Waals surface area (Å²) in [7, 11) is 3.76. The molecule has 1 heterocycles. The Hall–Kier alpha value is -0.380. The van der Waals surface area contributed by atoms with E-state index in [9.17, 15) is 0 Å². The molecule has 0 bridgehead atoms. The lowest BCUT2D eigenvalue weighted by Gasteiger charge is -2.28. The third-order valence-electron chi connectivity index (χ3n) is 2.54. The van der Waals surface area contributed by atoms with E-state index in [1.807, 2.05) is 7.05 Å². The second-order valence-electron chi connectivity index (χ2n) is 4.07. The first kappa shape index (κ1) is 11.7. The average molecular weight is 213 g/mol. The molecule has 0 aliphatic heterocycles. The van der Waals surface area contributed by atoms with Crippen molar-refractivity contribution < 1.29 is 4.74 Å². The van der Waals surface area contributed by atoms with E-state index in [1.165, 1.54) is 5.56 Å². The maximum atomic E-state index is 5.43. The molecule has 14 heavy (non-hydrogen) atoms. The van der Waals surface area contributed by atoms with Gasteiger partial charge < -0.3 is 10.1 Å². The van der Waals surface area contributed by atoms with E-state index in [4.69, 9.17) is 4.74 Å². The van der Waals surface area contributed by atoms with Gasteiger partial charge in [0.1, 0.15) is 0 Å². The van der Waals surface area contributed by atoms with Gasteiger partial charge in [-0.05, 0) is 49.7 Å². The number of methoxy groups -OCH3 is 1. The molecule has 1 aromatic rings. The lowest BCUT2D eigenvalue weighted by atomic mass is 9.95. The Bertz CT molecular complexity index is 256. The van der Waals surface area contributed by atoms with Gasteiger partial charge in [-0.15, -0.1) is 0 Å². The minimum absolute atomic E-state index is 0.0738. The maximum absolute atomic E-state index is 5.43. The molecule has 1 unspecified atom stereocenters. The molecule has 0 saturated carbocycles. The largest absolute Gasteiger partial charge is 0.379 e. The van der Waals surface area contributed by atoms with Gasteiger partial charge in [-0.2, -0.15) is 11.3 Å². The van der Waals surface area contributed by atoms with Gasteiger partial charge in [0.2, 0.25) is 0 Å². The average Bonchev–Trinajstić information content (AvgIpc) is 2.67. The molecule has 0 aliphatic rings. The molecule has 2 nitrogen and oxygen atoms in total. The van der Waals surface area contributed by atoms with Crippen molar-refractivity contribution in [1.82, 2.24) is 5.32 Å². The van der Waals surface area contributed by atoms with E-state index >= 15 is 0 Å². The van der Waals surface area contributed by atoms with Crippen molar-refractivity contribution in [2.24, 2.45) is 0 Å². The standard InChI is InChI=1S/C11H19NOS/c1-11(2,13-4)7-10(12-3)9-5-6-14-8-9/h5-6,8,10,12H,7H2,1-4H3. The second-order valence-corrected chi connectivity index (χ2v) is 4.85. The summed E-state index contributed by atoms with van der Waals surface area (Å²) in [6, 6.07) is 2.55. The van der Waals surface area contributed by atoms with Crippen molar-refractivity contribution >= 4 is 11.3 Å². The van der Waals surface area contributed by atoms with Crippen LogP contribution in [0.1, 0.15) is 31.9 Å². The van der Waals surface area contributed by atoms with Crippen molar-refractivity contribution in [3.8, 4) is 0 Å². The lowest BCUT2D eigenvalue weighted by Crippen LogP contribution is -2.30. The Morgan fingerprint density at radius 1 is 1.57 bits per heavy atom. The third-order valence-corrected chi connectivity index (χ3v) is 3.24. The topological polar surface area (TPSA) is 21.3 Å². The molecule has 0 saturated heterocycles. The van der Waals surface area contributed by atoms with Crippen LogP contribution in [0.3, 0.4) is 0 Å². The Morgan fingerprint density at radius 2 is 2.29 bits per heavy atom. The third kappa shape index (κ3) is 3.08. The molecule has 1 rings (SSSR count). The minimum Gasteiger partial charge on any atom is -0.379 e. The normalized spacial score (nSPS) is 14.3. The smallest absolute Gasteiger partial charge is 0.0640 e. The van der Waals surface area contributed by atoms with Crippen molar-refractivity contribution in [2.75, 3.05) is 14.2 Å². The van der Waals surface area contributed by atoms with Crippen molar-refractivity contribution in [3.05, 3.63) is 22.4 Å². The van der Waals surface area contributed by atoms with E-state index in [0.717, 1.165) is 6.42 Å². The molecule has 0 aliphatic carbocycles. The van der Waals surface area contributed by atoms with Gasteiger partial charge in [0.05, 0.1) is 5.60 Å².